The number of hydrogen-bond donors (Lipinski definition) is 1. The Labute approximate surface area is 93.3 Å². The number of hydrogen-bond acceptors (Lipinski definition) is 2. The van der Waals surface area contributed by atoms with E-state index in [1.54, 1.807) is 11.3 Å². The number of amides is 1. The van der Waals surface area contributed by atoms with Crippen LogP contribution >= 0.6 is 11.3 Å². The van der Waals surface area contributed by atoms with Gasteiger partial charge < -0.3 is 10.0 Å². The summed E-state index contributed by atoms with van der Waals surface area (Å²) in [6, 6.07) is 2.12. The van der Waals surface area contributed by atoms with Crippen LogP contribution in [0.2, 0.25) is 0 Å². The van der Waals surface area contributed by atoms with E-state index in [0.717, 1.165) is 6.42 Å². The van der Waals surface area contributed by atoms with Gasteiger partial charge in [0.2, 0.25) is 0 Å². The predicted octanol–water partition coefficient (Wildman–Crippen LogP) is 2.56. The first-order valence-corrected chi connectivity index (χ1v) is 5.93. The molecule has 0 bridgehead atoms. The second kappa shape index (κ2) is 3.52. The van der Waals surface area contributed by atoms with Crippen LogP contribution in [0.15, 0.2) is 11.4 Å². The summed E-state index contributed by atoms with van der Waals surface area (Å²) >= 11 is 1.74. The van der Waals surface area contributed by atoms with Crippen molar-refractivity contribution in [2.75, 3.05) is 13.1 Å². The molecule has 0 aromatic carbocycles. The second-order valence-corrected chi connectivity index (χ2v) is 5.53. The van der Waals surface area contributed by atoms with E-state index < -0.39 is 6.09 Å². The molecule has 0 unspecified atom stereocenters. The lowest BCUT2D eigenvalue weighted by Gasteiger charge is -2.27. The Hall–Kier alpha value is -1.03. The number of thiophene rings is 1. The first-order valence-electron chi connectivity index (χ1n) is 5.05. The molecule has 0 saturated carbocycles. The minimum atomic E-state index is -0.807. The molecule has 0 fully saturated rings. The van der Waals surface area contributed by atoms with E-state index in [-0.39, 0.29) is 5.41 Å². The molecule has 1 aromatic heterocycles. The van der Waals surface area contributed by atoms with Gasteiger partial charge in [0, 0.05) is 23.4 Å². The third kappa shape index (κ3) is 1.86. The van der Waals surface area contributed by atoms with Crippen LogP contribution < -0.4 is 0 Å². The fourth-order valence-electron chi connectivity index (χ4n) is 2.17. The minimum Gasteiger partial charge on any atom is -0.465 e. The number of rotatable bonds is 0. The summed E-state index contributed by atoms with van der Waals surface area (Å²) in [4.78, 5) is 13.9. The van der Waals surface area contributed by atoms with Gasteiger partial charge in [-0.1, -0.05) is 13.8 Å². The zero-order chi connectivity index (χ0) is 11.1. The van der Waals surface area contributed by atoms with Gasteiger partial charge in [0.25, 0.3) is 0 Å². The summed E-state index contributed by atoms with van der Waals surface area (Å²) in [6.45, 7) is 5.44. The Morgan fingerprint density at radius 2 is 2.33 bits per heavy atom. The van der Waals surface area contributed by atoms with E-state index >= 15 is 0 Å². The van der Waals surface area contributed by atoms with Gasteiger partial charge in [0.05, 0.1) is 0 Å². The van der Waals surface area contributed by atoms with Gasteiger partial charge >= 0.3 is 6.09 Å². The first-order chi connectivity index (χ1) is 7.00. The molecule has 1 aliphatic rings. The van der Waals surface area contributed by atoms with Crippen LogP contribution in [0.1, 0.15) is 24.3 Å². The molecule has 2 heterocycles. The van der Waals surface area contributed by atoms with Crippen molar-refractivity contribution in [1.29, 1.82) is 0 Å². The molecule has 1 aliphatic heterocycles. The van der Waals surface area contributed by atoms with Gasteiger partial charge in [-0.15, -0.1) is 11.3 Å². The molecule has 0 aliphatic carbocycles. The van der Waals surface area contributed by atoms with Crippen LogP contribution in [0.3, 0.4) is 0 Å². The average molecular weight is 225 g/mol. The van der Waals surface area contributed by atoms with Crippen LogP contribution in [-0.4, -0.2) is 29.2 Å². The predicted molar refractivity (Wildman–Crippen MR) is 60.6 cm³/mol. The van der Waals surface area contributed by atoms with Gasteiger partial charge in [0.1, 0.15) is 0 Å². The van der Waals surface area contributed by atoms with Crippen molar-refractivity contribution in [3.8, 4) is 0 Å². The van der Waals surface area contributed by atoms with Crippen molar-refractivity contribution < 1.29 is 9.90 Å². The number of carbonyl (C=O) groups is 1. The maximum Gasteiger partial charge on any atom is 0.407 e. The Balaban J connectivity index is 2.34. The van der Waals surface area contributed by atoms with Crippen LogP contribution in [-0.2, 0) is 11.8 Å². The van der Waals surface area contributed by atoms with E-state index in [4.69, 9.17) is 5.11 Å². The molecule has 15 heavy (non-hydrogen) atoms. The monoisotopic (exact) mass is 225 g/mol. The lowest BCUT2D eigenvalue weighted by molar-refractivity contribution is 0.138. The minimum absolute atomic E-state index is 0.0572. The molecule has 1 amide bonds. The Morgan fingerprint density at radius 3 is 3.00 bits per heavy atom. The summed E-state index contributed by atoms with van der Waals surface area (Å²) in [7, 11) is 0. The van der Waals surface area contributed by atoms with Crippen molar-refractivity contribution in [1.82, 2.24) is 4.90 Å². The van der Waals surface area contributed by atoms with Crippen LogP contribution in [0.4, 0.5) is 4.79 Å². The highest BCUT2D eigenvalue weighted by molar-refractivity contribution is 7.10. The van der Waals surface area contributed by atoms with Crippen molar-refractivity contribution in [2.24, 2.45) is 0 Å². The van der Waals surface area contributed by atoms with Crippen LogP contribution in [0.25, 0.3) is 0 Å². The van der Waals surface area contributed by atoms with Gasteiger partial charge in [-0.25, -0.2) is 4.79 Å². The average Bonchev–Trinajstić information content (AvgIpc) is 2.56. The van der Waals surface area contributed by atoms with Crippen molar-refractivity contribution in [3.63, 3.8) is 0 Å². The number of carboxylic acid groups (broad SMARTS) is 1. The highest BCUT2D eigenvalue weighted by atomic mass is 32.1. The van der Waals surface area contributed by atoms with E-state index in [0.29, 0.717) is 13.1 Å². The molecule has 3 nitrogen and oxygen atoms in total. The van der Waals surface area contributed by atoms with E-state index in [9.17, 15) is 4.79 Å². The van der Waals surface area contributed by atoms with Gasteiger partial charge in [-0.2, -0.15) is 0 Å². The topological polar surface area (TPSA) is 40.5 Å². The quantitative estimate of drug-likeness (QED) is 0.737. The maximum atomic E-state index is 11.0. The van der Waals surface area contributed by atoms with Gasteiger partial charge in [-0.05, 0) is 23.4 Å². The summed E-state index contributed by atoms with van der Waals surface area (Å²) in [5.41, 5.74) is 1.26. The molecule has 2 rings (SSSR count). The third-order valence-electron chi connectivity index (χ3n) is 2.87. The second-order valence-electron chi connectivity index (χ2n) is 4.61. The van der Waals surface area contributed by atoms with Gasteiger partial charge in [0.15, 0.2) is 0 Å². The standard InChI is InChI=1S/C11H15NO2S/c1-11(2)7-12(10(13)14)5-3-8-4-6-15-9(8)11/h4,6H,3,5,7H2,1-2H3,(H,13,14). The normalized spacial score (nSPS) is 19.5. The summed E-state index contributed by atoms with van der Waals surface area (Å²) in [6.07, 6.45) is 0.0346. The zero-order valence-electron chi connectivity index (χ0n) is 8.99. The lowest BCUT2D eigenvalue weighted by Crippen LogP contribution is -2.38. The first kappa shape index (κ1) is 10.5. The van der Waals surface area contributed by atoms with Crippen molar-refractivity contribution in [3.05, 3.63) is 21.9 Å². The van der Waals surface area contributed by atoms with Crippen molar-refractivity contribution >= 4 is 17.4 Å². The Morgan fingerprint density at radius 1 is 1.60 bits per heavy atom. The molecule has 0 spiro atoms. The fourth-order valence-corrected chi connectivity index (χ4v) is 3.25. The van der Waals surface area contributed by atoms with Crippen LogP contribution in [0.5, 0.6) is 0 Å². The molecule has 4 heteroatoms. The number of nitrogens with zero attached hydrogens (tertiary/aromatic N) is 1. The highest BCUT2D eigenvalue weighted by Gasteiger charge is 2.32. The van der Waals surface area contributed by atoms with E-state index in [1.165, 1.54) is 15.3 Å². The molecule has 0 atom stereocenters. The number of fused-ring (bicyclic) bond motifs is 1. The summed E-state index contributed by atoms with van der Waals surface area (Å²) in [5, 5.41) is 11.1. The van der Waals surface area contributed by atoms with Crippen LogP contribution in [0, 0.1) is 0 Å². The molecule has 82 valence electrons. The molecule has 0 radical (unpaired) electrons. The molecule has 0 saturated heterocycles. The summed E-state index contributed by atoms with van der Waals surface area (Å²) in [5.74, 6) is 0. The molecular formula is C11H15NO2S. The van der Waals surface area contributed by atoms with E-state index in [2.05, 4.69) is 25.3 Å². The smallest absolute Gasteiger partial charge is 0.407 e. The maximum absolute atomic E-state index is 11.0. The summed E-state index contributed by atoms with van der Waals surface area (Å²) < 4.78 is 0. The fraction of sp³-hybridized carbons (Fsp3) is 0.545. The SMILES string of the molecule is CC1(C)CN(C(=O)O)CCc2ccsc21. The van der Waals surface area contributed by atoms with Crippen molar-refractivity contribution in [2.45, 2.75) is 25.7 Å². The molecular weight excluding hydrogens is 210 g/mol. The van der Waals surface area contributed by atoms with E-state index in [1.807, 2.05) is 0 Å². The Kier molecular flexibility index (Phi) is 2.46. The molecule has 1 aromatic rings. The van der Waals surface area contributed by atoms with Gasteiger partial charge in [-0.3, -0.25) is 0 Å². The lowest BCUT2D eigenvalue weighted by atomic mass is 9.89. The molecule has 1 N–H and O–H groups in total. The zero-order valence-corrected chi connectivity index (χ0v) is 9.80. The highest BCUT2D eigenvalue weighted by Crippen LogP contribution is 2.34. The largest absolute Gasteiger partial charge is 0.465 e. The Bertz CT molecular complexity index is 384. The third-order valence-corrected chi connectivity index (χ3v) is 4.19.